The first-order chi connectivity index (χ1) is 12.7. The van der Waals surface area contributed by atoms with E-state index in [1.165, 1.54) is 0 Å². The monoisotopic (exact) mass is 353 g/mol. The Bertz CT molecular complexity index is 779. The van der Waals surface area contributed by atoms with Crippen molar-refractivity contribution in [1.29, 1.82) is 0 Å². The average Bonchev–Trinajstić information content (AvgIpc) is 3.51. The van der Waals surface area contributed by atoms with Gasteiger partial charge < -0.3 is 15.0 Å². The van der Waals surface area contributed by atoms with Crippen molar-refractivity contribution in [2.75, 3.05) is 18.4 Å². The molecule has 1 aliphatic carbocycles. The van der Waals surface area contributed by atoms with Crippen molar-refractivity contribution in [3.63, 3.8) is 0 Å². The summed E-state index contributed by atoms with van der Waals surface area (Å²) in [4.78, 5) is 27.1. The molecule has 136 valence electrons. The molecular formula is C19H23N5O2. The van der Waals surface area contributed by atoms with Crippen LogP contribution in [0.1, 0.15) is 31.0 Å². The van der Waals surface area contributed by atoms with Crippen molar-refractivity contribution in [2.24, 2.45) is 5.92 Å². The maximum absolute atomic E-state index is 12.3. The molecule has 1 unspecified atom stereocenters. The molecule has 1 amide bonds. The smallest absolute Gasteiger partial charge is 0.226 e. The molecule has 4 rings (SSSR count). The van der Waals surface area contributed by atoms with Crippen LogP contribution in [0.2, 0.25) is 0 Å². The summed E-state index contributed by atoms with van der Waals surface area (Å²) < 4.78 is 5.84. The van der Waals surface area contributed by atoms with Crippen LogP contribution in [0.4, 0.5) is 5.82 Å². The first-order valence-electron chi connectivity index (χ1n) is 9.13. The molecule has 1 aliphatic heterocycles. The number of aromatic nitrogens is 3. The summed E-state index contributed by atoms with van der Waals surface area (Å²) >= 11 is 0. The first kappa shape index (κ1) is 16.8. The predicted molar refractivity (Wildman–Crippen MR) is 96.7 cm³/mol. The first-order valence-corrected chi connectivity index (χ1v) is 9.13. The van der Waals surface area contributed by atoms with E-state index in [1.54, 1.807) is 18.7 Å². The lowest BCUT2D eigenvalue weighted by molar-refractivity contribution is -0.133. The topological polar surface area (TPSA) is 80.2 Å². The van der Waals surface area contributed by atoms with E-state index in [9.17, 15) is 4.79 Å². The van der Waals surface area contributed by atoms with Gasteiger partial charge in [-0.2, -0.15) is 0 Å². The van der Waals surface area contributed by atoms with E-state index < -0.39 is 0 Å². The molecule has 2 aliphatic rings. The number of fused-ring (bicyclic) bond motifs is 1. The fourth-order valence-corrected chi connectivity index (χ4v) is 3.21. The van der Waals surface area contributed by atoms with E-state index in [4.69, 9.17) is 4.74 Å². The summed E-state index contributed by atoms with van der Waals surface area (Å²) in [5.41, 5.74) is 2.06. The second-order valence-electron chi connectivity index (χ2n) is 6.93. The molecule has 1 saturated carbocycles. The van der Waals surface area contributed by atoms with Gasteiger partial charge in [0.2, 0.25) is 5.91 Å². The maximum atomic E-state index is 12.3. The zero-order valence-electron chi connectivity index (χ0n) is 14.9. The number of nitrogens with one attached hydrogen (secondary N) is 1. The highest BCUT2D eigenvalue weighted by atomic mass is 16.5. The summed E-state index contributed by atoms with van der Waals surface area (Å²) in [5.74, 6) is 2.12. The minimum Gasteiger partial charge on any atom is -0.487 e. The quantitative estimate of drug-likeness (QED) is 0.856. The second kappa shape index (κ2) is 7.27. The van der Waals surface area contributed by atoms with Crippen LogP contribution in [0.15, 0.2) is 30.9 Å². The number of ether oxygens (including phenoxy) is 1. The highest BCUT2D eigenvalue weighted by Crippen LogP contribution is 2.33. The van der Waals surface area contributed by atoms with Crippen molar-refractivity contribution in [1.82, 2.24) is 19.9 Å². The van der Waals surface area contributed by atoms with Crippen molar-refractivity contribution >= 4 is 11.7 Å². The van der Waals surface area contributed by atoms with Gasteiger partial charge in [0.1, 0.15) is 24.0 Å². The van der Waals surface area contributed by atoms with Gasteiger partial charge in [0.15, 0.2) is 0 Å². The standard InChI is InChI=1S/C19H23N5O2/c1-13(26-15-3-2-7-20-10-15)9-21-18-16-6-8-24(19(25)14-4-5-14)11-17(16)22-12-23-18/h2-3,7,10,12-14H,4-6,8-9,11H2,1H3,(H,21,22,23). The predicted octanol–water partition coefficient (Wildman–Crippen LogP) is 2.05. The van der Waals surface area contributed by atoms with Gasteiger partial charge in [-0.1, -0.05) is 0 Å². The molecule has 3 heterocycles. The molecule has 7 nitrogen and oxygen atoms in total. The number of pyridine rings is 1. The summed E-state index contributed by atoms with van der Waals surface area (Å²) in [5, 5.41) is 3.37. The Kier molecular flexibility index (Phi) is 4.69. The van der Waals surface area contributed by atoms with Crippen molar-refractivity contribution in [3.8, 4) is 5.75 Å². The Morgan fingerprint density at radius 3 is 3.08 bits per heavy atom. The molecule has 26 heavy (non-hydrogen) atoms. The van der Waals surface area contributed by atoms with Crippen LogP contribution in [0.5, 0.6) is 5.75 Å². The van der Waals surface area contributed by atoms with E-state index >= 15 is 0 Å². The van der Waals surface area contributed by atoms with Crippen molar-refractivity contribution in [3.05, 3.63) is 42.1 Å². The zero-order chi connectivity index (χ0) is 17.9. The number of hydrogen-bond acceptors (Lipinski definition) is 6. The highest BCUT2D eigenvalue weighted by Gasteiger charge is 2.35. The highest BCUT2D eigenvalue weighted by molar-refractivity contribution is 5.81. The molecule has 0 saturated heterocycles. The van der Waals surface area contributed by atoms with E-state index in [0.29, 0.717) is 13.1 Å². The van der Waals surface area contributed by atoms with Gasteiger partial charge in [-0.15, -0.1) is 0 Å². The summed E-state index contributed by atoms with van der Waals surface area (Å²) in [6.45, 7) is 3.96. The number of carbonyl (C=O) groups is 1. The minimum absolute atomic E-state index is 0.0265. The number of amides is 1. The molecule has 1 atom stereocenters. The van der Waals surface area contributed by atoms with Gasteiger partial charge in [0.05, 0.1) is 25.0 Å². The van der Waals surface area contributed by atoms with Gasteiger partial charge >= 0.3 is 0 Å². The van der Waals surface area contributed by atoms with Crippen molar-refractivity contribution in [2.45, 2.75) is 38.8 Å². The average molecular weight is 353 g/mol. The van der Waals surface area contributed by atoms with Crippen LogP contribution in [-0.2, 0) is 17.8 Å². The Morgan fingerprint density at radius 2 is 2.31 bits per heavy atom. The van der Waals surface area contributed by atoms with Gasteiger partial charge in [0.25, 0.3) is 0 Å². The third-order valence-corrected chi connectivity index (χ3v) is 4.77. The van der Waals surface area contributed by atoms with Crippen molar-refractivity contribution < 1.29 is 9.53 Å². The van der Waals surface area contributed by atoms with E-state index in [1.807, 2.05) is 24.0 Å². The number of rotatable bonds is 6. The van der Waals surface area contributed by atoms with Crippen LogP contribution in [0.3, 0.4) is 0 Å². The van der Waals surface area contributed by atoms with Crippen LogP contribution in [0.25, 0.3) is 0 Å². The number of anilines is 1. The molecule has 2 aromatic rings. The SMILES string of the molecule is CC(CNc1ncnc2c1CCN(C(=O)C1CC1)C2)Oc1cccnc1. The Morgan fingerprint density at radius 1 is 1.42 bits per heavy atom. The van der Waals surface area contributed by atoms with E-state index in [2.05, 4.69) is 20.3 Å². The molecule has 0 bridgehead atoms. The number of carbonyl (C=O) groups excluding carboxylic acids is 1. The van der Waals surface area contributed by atoms with Crippen LogP contribution < -0.4 is 10.1 Å². The van der Waals surface area contributed by atoms with Gasteiger partial charge in [0, 0.05) is 24.2 Å². The molecule has 7 heteroatoms. The molecular weight excluding hydrogens is 330 g/mol. The Balaban J connectivity index is 1.37. The van der Waals surface area contributed by atoms with Gasteiger partial charge in [-0.25, -0.2) is 9.97 Å². The zero-order valence-corrected chi connectivity index (χ0v) is 14.9. The molecule has 0 radical (unpaired) electrons. The summed E-state index contributed by atoms with van der Waals surface area (Å²) in [6.07, 6.45) is 7.82. The molecule has 2 aromatic heterocycles. The largest absolute Gasteiger partial charge is 0.487 e. The molecule has 1 N–H and O–H groups in total. The lowest BCUT2D eigenvalue weighted by Crippen LogP contribution is -2.38. The fraction of sp³-hybridized carbons (Fsp3) is 0.474. The van der Waals surface area contributed by atoms with Gasteiger partial charge in [-0.3, -0.25) is 9.78 Å². The van der Waals surface area contributed by atoms with Crippen LogP contribution >= 0.6 is 0 Å². The van der Waals surface area contributed by atoms with E-state index in [0.717, 1.165) is 48.6 Å². The van der Waals surface area contributed by atoms with Gasteiger partial charge in [-0.05, 0) is 38.3 Å². The molecule has 1 fully saturated rings. The number of hydrogen-bond donors (Lipinski definition) is 1. The summed E-state index contributed by atoms with van der Waals surface area (Å²) in [7, 11) is 0. The fourth-order valence-electron chi connectivity index (χ4n) is 3.21. The molecule has 0 spiro atoms. The second-order valence-corrected chi connectivity index (χ2v) is 6.93. The third kappa shape index (κ3) is 3.76. The van der Waals surface area contributed by atoms with E-state index in [-0.39, 0.29) is 17.9 Å². The molecule has 0 aromatic carbocycles. The van der Waals surface area contributed by atoms with Crippen LogP contribution in [0, 0.1) is 5.92 Å². The Labute approximate surface area is 152 Å². The maximum Gasteiger partial charge on any atom is 0.226 e. The lowest BCUT2D eigenvalue weighted by atomic mass is 10.0. The number of nitrogens with zero attached hydrogens (tertiary/aromatic N) is 4. The minimum atomic E-state index is -0.0265. The third-order valence-electron chi connectivity index (χ3n) is 4.77. The lowest BCUT2D eigenvalue weighted by Gasteiger charge is -2.29. The van der Waals surface area contributed by atoms with Crippen LogP contribution in [-0.4, -0.2) is 45.0 Å². The summed E-state index contributed by atoms with van der Waals surface area (Å²) in [6, 6.07) is 3.74. The Hall–Kier alpha value is -2.70. The normalized spacial score (nSPS) is 17.3.